The molecule has 24 heavy (non-hydrogen) atoms. The fraction of sp³-hybridized carbons (Fsp3) is 0.400. The minimum Gasteiger partial charge on any atom is -0.481 e. The highest BCUT2D eigenvalue weighted by molar-refractivity contribution is 5.90. The molecular weight excluding hydrogens is 321 g/mol. The summed E-state index contributed by atoms with van der Waals surface area (Å²) in [5.41, 5.74) is 4.56. The van der Waals surface area contributed by atoms with Gasteiger partial charge in [0.1, 0.15) is 11.4 Å². The first kappa shape index (κ1) is 16.2. The first-order valence-electron chi connectivity index (χ1n) is 7.32. The normalized spacial score (nSPS) is 33.4. The fourth-order valence-corrected chi connectivity index (χ4v) is 3.70. The third kappa shape index (κ3) is 2.56. The standard InChI is InChI=1S/C15H16FN3O5/c16-6-1-3-7(4-2-6)18-14(24)19-8-5-15(17,13(22)23)11-9(8)10(11)12(20)21/h1-4,8-11H,5,17H2,(H,20,21)(H,22,23)(H2,18,19,24). The monoisotopic (exact) mass is 337 g/mol. The van der Waals surface area contributed by atoms with Crippen molar-refractivity contribution in [3.63, 3.8) is 0 Å². The van der Waals surface area contributed by atoms with Crippen LogP contribution >= 0.6 is 0 Å². The number of hydrogen-bond donors (Lipinski definition) is 5. The maximum absolute atomic E-state index is 12.8. The molecule has 2 fully saturated rings. The van der Waals surface area contributed by atoms with Crippen LogP contribution in [0.4, 0.5) is 14.9 Å². The molecule has 0 radical (unpaired) electrons. The van der Waals surface area contributed by atoms with Crippen molar-refractivity contribution in [2.45, 2.75) is 18.0 Å². The number of nitrogens with two attached hydrogens (primary N) is 1. The first-order chi connectivity index (χ1) is 11.2. The topological polar surface area (TPSA) is 142 Å². The molecule has 6 N–H and O–H groups in total. The van der Waals surface area contributed by atoms with Gasteiger partial charge in [0.2, 0.25) is 0 Å². The number of carboxylic acids is 2. The van der Waals surface area contributed by atoms with E-state index in [-0.39, 0.29) is 6.42 Å². The summed E-state index contributed by atoms with van der Waals surface area (Å²) >= 11 is 0. The van der Waals surface area contributed by atoms with Gasteiger partial charge >= 0.3 is 18.0 Å². The van der Waals surface area contributed by atoms with E-state index in [9.17, 15) is 29.0 Å². The van der Waals surface area contributed by atoms with Crippen molar-refractivity contribution >= 4 is 23.7 Å². The van der Waals surface area contributed by atoms with E-state index in [0.29, 0.717) is 5.69 Å². The Hall–Kier alpha value is -2.68. The smallest absolute Gasteiger partial charge is 0.324 e. The van der Waals surface area contributed by atoms with Crippen LogP contribution in [0, 0.1) is 23.6 Å². The number of carbonyl (C=O) groups is 3. The molecule has 0 aliphatic heterocycles. The molecular formula is C15H16FN3O5. The molecule has 2 saturated carbocycles. The third-order valence-corrected chi connectivity index (χ3v) is 4.79. The van der Waals surface area contributed by atoms with Gasteiger partial charge in [0.25, 0.3) is 0 Å². The Balaban J connectivity index is 1.69. The zero-order chi connectivity index (χ0) is 17.6. The van der Waals surface area contributed by atoms with Crippen LogP contribution in [0.3, 0.4) is 0 Å². The highest BCUT2D eigenvalue weighted by Gasteiger charge is 2.74. The Morgan fingerprint density at radius 1 is 1.21 bits per heavy atom. The van der Waals surface area contributed by atoms with E-state index in [1.165, 1.54) is 24.3 Å². The maximum Gasteiger partial charge on any atom is 0.324 e. The molecule has 3 rings (SSSR count). The average molecular weight is 337 g/mol. The number of benzene rings is 1. The summed E-state index contributed by atoms with van der Waals surface area (Å²) in [6.07, 6.45) is -0.0434. The minimum atomic E-state index is -1.67. The number of carboxylic acid groups (broad SMARTS) is 2. The Bertz CT molecular complexity index is 710. The summed E-state index contributed by atoms with van der Waals surface area (Å²) in [5.74, 6) is -4.94. The summed E-state index contributed by atoms with van der Waals surface area (Å²) in [6, 6.07) is 3.81. The number of anilines is 1. The van der Waals surface area contributed by atoms with Crippen LogP contribution in [0.15, 0.2) is 24.3 Å². The molecule has 1 aromatic carbocycles. The number of fused-ring (bicyclic) bond motifs is 1. The molecule has 0 heterocycles. The van der Waals surface area contributed by atoms with Gasteiger partial charge in [-0.2, -0.15) is 0 Å². The SMILES string of the molecule is NC1(C(=O)O)CC(NC(=O)Nc2ccc(F)cc2)C2C(C(=O)O)C21. The number of amides is 2. The quantitative estimate of drug-likeness (QED) is 0.540. The molecule has 2 amide bonds. The van der Waals surface area contributed by atoms with Gasteiger partial charge in [0.05, 0.1) is 5.92 Å². The molecule has 0 bridgehead atoms. The van der Waals surface area contributed by atoms with Crippen molar-refractivity contribution in [1.82, 2.24) is 5.32 Å². The van der Waals surface area contributed by atoms with Crippen LogP contribution in [0.1, 0.15) is 6.42 Å². The van der Waals surface area contributed by atoms with Gasteiger partial charge in [-0.3, -0.25) is 9.59 Å². The van der Waals surface area contributed by atoms with Gasteiger partial charge in [-0.15, -0.1) is 0 Å². The van der Waals surface area contributed by atoms with Crippen molar-refractivity contribution in [2.24, 2.45) is 23.5 Å². The van der Waals surface area contributed by atoms with E-state index >= 15 is 0 Å². The number of hydrogen-bond acceptors (Lipinski definition) is 4. The Morgan fingerprint density at radius 3 is 2.38 bits per heavy atom. The van der Waals surface area contributed by atoms with Gasteiger partial charge in [-0.1, -0.05) is 0 Å². The number of nitrogens with one attached hydrogen (secondary N) is 2. The molecule has 0 spiro atoms. The lowest BCUT2D eigenvalue weighted by atomic mass is 9.90. The molecule has 5 unspecified atom stereocenters. The molecule has 1 aromatic rings. The van der Waals surface area contributed by atoms with Crippen LogP contribution in [0.5, 0.6) is 0 Å². The third-order valence-electron chi connectivity index (χ3n) is 4.79. The molecule has 9 heteroatoms. The summed E-state index contributed by atoms with van der Waals surface area (Å²) in [4.78, 5) is 34.7. The average Bonchev–Trinajstić information content (AvgIpc) is 3.18. The summed E-state index contributed by atoms with van der Waals surface area (Å²) in [5, 5.41) is 23.5. The van der Waals surface area contributed by atoms with Crippen LogP contribution in [-0.4, -0.2) is 39.8 Å². The van der Waals surface area contributed by atoms with E-state index in [0.717, 1.165) is 0 Å². The highest BCUT2D eigenvalue weighted by Crippen LogP contribution is 2.61. The van der Waals surface area contributed by atoms with E-state index < -0.39 is 53.1 Å². The molecule has 128 valence electrons. The van der Waals surface area contributed by atoms with Crippen LogP contribution in [-0.2, 0) is 9.59 Å². The lowest BCUT2D eigenvalue weighted by molar-refractivity contribution is -0.145. The second kappa shape index (κ2) is 5.45. The van der Waals surface area contributed by atoms with Crippen LogP contribution in [0.2, 0.25) is 0 Å². The summed E-state index contributed by atoms with van der Waals surface area (Å²) < 4.78 is 12.8. The first-order valence-corrected chi connectivity index (χ1v) is 7.32. The van der Waals surface area contributed by atoms with Crippen molar-refractivity contribution in [3.05, 3.63) is 30.1 Å². The molecule has 2 aliphatic carbocycles. The van der Waals surface area contributed by atoms with Gasteiger partial charge in [-0.25, -0.2) is 9.18 Å². The Kier molecular flexibility index (Phi) is 3.67. The number of halogens is 1. The van der Waals surface area contributed by atoms with Gasteiger partial charge in [0.15, 0.2) is 0 Å². The zero-order valence-corrected chi connectivity index (χ0v) is 12.4. The lowest BCUT2D eigenvalue weighted by Gasteiger charge is -2.25. The molecule has 5 atom stereocenters. The van der Waals surface area contributed by atoms with Gasteiger partial charge in [-0.05, 0) is 36.6 Å². The summed E-state index contributed by atoms with van der Waals surface area (Å²) in [6.45, 7) is 0. The zero-order valence-electron chi connectivity index (χ0n) is 12.4. The maximum atomic E-state index is 12.8. The molecule has 0 aromatic heterocycles. The number of urea groups is 1. The number of rotatable bonds is 4. The van der Waals surface area contributed by atoms with E-state index in [1.807, 2.05) is 0 Å². The molecule has 8 nitrogen and oxygen atoms in total. The fourth-order valence-electron chi connectivity index (χ4n) is 3.70. The predicted octanol–water partition coefficient (Wildman–Crippen LogP) is 0.448. The largest absolute Gasteiger partial charge is 0.481 e. The predicted molar refractivity (Wildman–Crippen MR) is 79.6 cm³/mol. The second-order valence-corrected chi connectivity index (χ2v) is 6.23. The molecule has 2 aliphatic rings. The Labute approximate surface area is 135 Å². The van der Waals surface area contributed by atoms with Gasteiger partial charge in [0, 0.05) is 17.6 Å². The molecule has 0 saturated heterocycles. The van der Waals surface area contributed by atoms with Crippen LogP contribution in [0.25, 0.3) is 0 Å². The van der Waals surface area contributed by atoms with E-state index in [4.69, 9.17) is 5.73 Å². The lowest BCUT2D eigenvalue weighted by Crippen LogP contribution is -2.52. The summed E-state index contributed by atoms with van der Waals surface area (Å²) in [7, 11) is 0. The van der Waals surface area contributed by atoms with E-state index in [2.05, 4.69) is 10.6 Å². The highest BCUT2D eigenvalue weighted by atomic mass is 19.1. The van der Waals surface area contributed by atoms with Crippen molar-refractivity contribution < 1.29 is 29.0 Å². The Morgan fingerprint density at radius 2 is 1.83 bits per heavy atom. The van der Waals surface area contributed by atoms with Crippen molar-refractivity contribution in [1.29, 1.82) is 0 Å². The van der Waals surface area contributed by atoms with Crippen molar-refractivity contribution in [2.75, 3.05) is 5.32 Å². The second-order valence-electron chi connectivity index (χ2n) is 6.23. The van der Waals surface area contributed by atoms with E-state index in [1.54, 1.807) is 0 Å². The van der Waals surface area contributed by atoms with Crippen molar-refractivity contribution in [3.8, 4) is 0 Å². The van der Waals surface area contributed by atoms with Crippen LogP contribution < -0.4 is 16.4 Å². The number of carbonyl (C=O) groups excluding carboxylic acids is 1. The van der Waals surface area contributed by atoms with Gasteiger partial charge < -0.3 is 26.6 Å². The minimum absolute atomic E-state index is 0.0434. The number of aliphatic carboxylic acids is 2.